The first-order chi connectivity index (χ1) is 12.5. The summed E-state index contributed by atoms with van der Waals surface area (Å²) in [7, 11) is 0. The molecule has 0 aliphatic carbocycles. The zero-order chi connectivity index (χ0) is 18.4. The molecule has 0 radical (unpaired) electrons. The number of fused-ring (bicyclic) bond motifs is 4. The highest BCUT2D eigenvalue weighted by Crippen LogP contribution is 2.24. The number of aliphatic hydroxyl groups excluding tert-OH is 5. The highest BCUT2D eigenvalue weighted by molar-refractivity contribution is 6.03. The fourth-order valence-electron chi connectivity index (χ4n) is 2.80. The number of rotatable bonds is 5. The third-order valence-corrected chi connectivity index (χ3v) is 4.24. The van der Waals surface area contributed by atoms with Crippen molar-refractivity contribution in [2.45, 2.75) is 24.4 Å². The van der Waals surface area contributed by atoms with E-state index in [0.717, 1.165) is 15.4 Å². The first kappa shape index (κ1) is 16.8. The number of nitrogens with one attached hydrogen (secondary N) is 1. The molecule has 136 valence electrons. The summed E-state index contributed by atoms with van der Waals surface area (Å²) in [6.07, 6.45) is -6.93. The van der Waals surface area contributed by atoms with E-state index in [4.69, 9.17) is 5.11 Å². The molecular weight excluding hydrogens is 344 g/mol. The van der Waals surface area contributed by atoms with E-state index in [-0.39, 0.29) is 11.6 Å². The second-order valence-corrected chi connectivity index (χ2v) is 5.93. The molecule has 0 saturated heterocycles. The lowest BCUT2D eigenvalue weighted by molar-refractivity contribution is -0.118. The summed E-state index contributed by atoms with van der Waals surface area (Å²) in [4.78, 5) is 7.40. The molecule has 0 fully saturated rings. The van der Waals surface area contributed by atoms with E-state index in [9.17, 15) is 20.4 Å². The lowest BCUT2D eigenvalue weighted by atomic mass is 10.0. The molecule has 0 aliphatic heterocycles. The Balaban J connectivity index is 1.81. The Morgan fingerprint density at radius 1 is 1.04 bits per heavy atom. The topological polar surface area (TPSA) is 173 Å². The molecule has 0 saturated carbocycles. The van der Waals surface area contributed by atoms with Gasteiger partial charge in [-0.3, -0.25) is 0 Å². The van der Waals surface area contributed by atoms with Crippen molar-refractivity contribution in [3.05, 3.63) is 30.1 Å². The maximum atomic E-state index is 10.3. The molecule has 0 bridgehead atoms. The van der Waals surface area contributed by atoms with Gasteiger partial charge in [-0.15, -0.1) is 10.2 Å². The number of para-hydroxylation sites is 1. The van der Waals surface area contributed by atoms with Crippen molar-refractivity contribution in [1.82, 2.24) is 29.8 Å². The molecule has 1 aromatic carbocycles. The number of H-pyrrole nitrogens is 1. The largest absolute Gasteiger partial charge is 0.394 e. The predicted octanol–water partition coefficient (Wildman–Crippen LogP) is -1.74. The Morgan fingerprint density at radius 3 is 2.58 bits per heavy atom. The van der Waals surface area contributed by atoms with Gasteiger partial charge in [-0.25, -0.2) is 0 Å². The van der Waals surface area contributed by atoms with Gasteiger partial charge in [-0.05, 0) is 6.07 Å². The van der Waals surface area contributed by atoms with Crippen molar-refractivity contribution >= 4 is 27.8 Å². The standard InChI is InChI=1S/C15H16N6O5/c22-5-8(23)10(24)11(25)12(26)14-18-19-15-17-13-9(20-21(14)15)6-3-1-2-4-7(6)16-13/h1-4,8,10-12,22-26H,5H2,(H,16,17,19)/t8?,10-,11-,12+/m1/s1. The minimum atomic E-state index is -1.81. The first-order valence-corrected chi connectivity index (χ1v) is 7.84. The van der Waals surface area contributed by atoms with Crippen LogP contribution in [0.25, 0.3) is 27.8 Å². The summed E-state index contributed by atoms with van der Waals surface area (Å²) in [6.45, 7) is -0.776. The van der Waals surface area contributed by atoms with Gasteiger partial charge in [-0.1, -0.05) is 18.2 Å². The molecule has 4 rings (SSSR count). The molecule has 3 heterocycles. The first-order valence-electron chi connectivity index (χ1n) is 7.84. The van der Waals surface area contributed by atoms with Crippen molar-refractivity contribution in [3.8, 4) is 0 Å². The molecular formula is C15H16N6O5. The van der Waals surface area contributed by atoms with Gasteiger partial charge < -0.3 is 30.5 Å². The van der Waals surface area contributed by atoms with Gasteiger partial charge in [0.25, 0.3) is 5.78 Å². The summed E-state index contributed by atoms with van der Waals surface area (Å²) in [5.74, 6) is -0.0705. The Labute approximate surface area is 145 Å². The lowest BCUT2D eigenvalue weighted by Gasteiger charge is -2.24. The summed E-state index contributed by atoms with van der Waals surface area (Å²) in [5.41, 5.74) is 1.84. The molecule has 1 unspecified atom stereocenters. The van der Waals surface area contributed by atoms with E-state index < -0.39 is 31.0 Å². The molecule has 6 N–H and O–H groups in total. The Kier molecular flexibility index (Phi) is 4.01. The Bertz CT molecular complexity index is 1080. The van der Waals surface area contributed by atoms with Gasteiger partial charge in [-0.2, -0.15) is 14.6 Å². The van der Waals surface area contributed by atoms with Gasteiger partial charge in [0.15, 0.2) is 11.5 Å². The lowest BCUT2D eigenvalue weighted by Crippen LogP contribution is -2.43. The van der Waals surface area contributed by atoms with Gasteiger partial charge >= 0.3 is 0 Å². The molecule has 0 spiro atoms. The van der Waals surface area contributed by atoms with Crippen molar-refractivity contribution in [1.29, 1.82) is 0 Å². The highest BCUT2D eigenvalue weighted by atomic mass is 16.4. The van der Waals surface area contributed by atoms with Crippen molar-refractivity contribution in [2.75, 3.05) is 6.61 Å². The fourth-order valence-corrected chi connectivity index (χ4v) is 2.80. The van der Waals surface area contributed by atoms with Crippen LogP contribution in [0.3, 0.4) is 0 Å². The minimum absolute atomic E-state index is 0.0857. The number of aliphatic hydroxyl groups is 5. The zero-order valence-electron chi connectivity index (χ0n) is 13.3. The van der Waals surface area contributed by atoms with Crippen LogP contribution in [0, 0.1) is 0 Å². The second-order valence-electron chi connectivity index (χ2n) is 5.93. The number of aromatic nitrogens is 6. The number of aromatic amines is 1. The van der Waals surface area contributed by atoms with Crippen molar-refractivity contribution in [3.63, 3.8) is 0 Å². The highest BCUT2D eigenvalue weighted by Gasteiger charge is 2.34. The molecule has 11 nitrogen and oxygen atoms in total. The van der Waals surface area contributed by atoms with Crippen LogP contribution in [0.2, 0.25) is 0 Å². The van der Waals surface area contributed by atoms with Crippen LogP contribution in [-0.2, 0) is 0 Å². The summed E-state index contributed by atoms with van der Waals surface area (Å²) >= 11 is 0. The van der Waals surface area contributed by atoms with Gasteiger partial charge in [0.1, 0.15) is 29.9 Å². The average molecular weight is 360 g/mol. The predicted molar refractivity (Wildman–Crippen MR) is 88.0 cm³/mol. The number of hydrogen-bond donors (Lipinski definition) is 6. The summed E-state index contributed by atoms with van der Waals surface area (Å²) in [5, 5.41) is 61.3. The molecule has 0 amide bonds. The normalized spacial score (nSPS) is 17.0. The van der Waals surface area contributed by atoms with Crippen LogP contribution < -0.4 is 0 Å². The van der Waals surface area contributed by atoms with Crippen molar-refractivity contribution < 1.29 is 25.5 Å². The second kappa shape index (κ2) is 6.23. The average Bonchev–Trinajstić information content (AvgIpc) is 3.24. The molecule has 0 aliphatic rings. The van der Waals surface area contributed by atoms with Gasteiger partial charge in [0, 0.05) is 10.9 Å². The molecule has 4 aromatic rings. The van der Waals surface area contributed by atoms with Crippen LogP contribution in [0.1, 0.15) is 11.9 Å². The number of benzene rings is 1. The maximum absolute atomic E-state index is 10.3. The molecule has 26 heavy (non-hydrogen) atoms. The van der Waals surface area contributed by atoms with E-state index in [1.54, 1.807) is 0 Å². The van der Waals surface area contributed by atoms with Crippen LogP contribution in [0.4, 0.5) is 0 Å². The SMILES string of the molecule is OCC(O)[C@@H](O)[C@@H](O)[C@H](O)c1nnc2nc3[nH]c4ccccc4c3nn12. The maximum Gasteiger partial charge on any atom is 0.274 e. The number of hydrogen-bond acceptors (Lipinski definition) is 9. The fraction of sp³-hybridized carbons (Fsp3) is 0.333. The Hall–Kier alpha value is -2.70. The third-order valence-electron chi connectivity index (χ3n) is 4.24. The smallest absolute Gasteiger partial charge is 0.274 e. The third kappa shape index (κ3) is 2.50. The van der Waals surface area contributed by atoms with Crippen LogP contribution >= 0.6 is 0 Å². The molecule has 3 aromatic heterocycles. The van der Waals surface area contributed by atoms with E-state index in [0.29, 0.717) is 11.2 Å². The quantitative estimate of drug-likeness (QED) is 0.241. The minimum Gasteiger partial charge on any atom is -0.394 e. The van der Waals surface area contributed by atoms with Crippen LogP contribution in [0.15, 0.2) is 24.3 Å². The van der Waals surface area contributed by atoms with Gasteiger partial charge in [0.05, 0.1) is 6.61 Å². The Morgan fingerprint density at radius 2 is 1.81 bits per heavy atom. The van der Waals surface area contributed by atoms with Crippen LogP contribution in [0.5, 0.6) is 0 Å². The summed E-state index contributed by atoms with van der Waals surface area (Å²) in [6, 6.07) is 7.43. The molecule has 11 heteroatoms. The monoisotopic (exact) mass is 360 g/mol. The summed E-state index contributed by atoms with van der Waals surface area (Å²) < 4.78 is 1.16. The van der Waals surface area contributed by atoms with Gasteiger partial charge in [0.2, 0.25) is 0 Å². The molecule has 4 atom stereocenters. The van der Waals surface area contributed by atoms with E-state index >= 15 is 0 Å². The van der Waals surface area contributed by atoms with Crippen LogP contribution in [-0.4, -0.2) is 80.2 Å². The van der Waals surface area contributed by atoms with E-state index in [2.05, 4.69) is 25.3 Å². The van der Waals surface area contributed by atoms with E-state index in [1.165, 1.54) is 0 Å². The number of nitrogens with zero attached hydrogens (tertiary/aromatic N) is 5. The van der Waals surface area contributed by atoms with E-state index in [1.807, 2.05) is 24.3 Å². The zero-order valence-corrected chi connectivity index (χ0v) is 13.3. The van der Waals surface area contributed by atoms with Crippen molar-refractivity contribution in [2.24, 2.45) is 0 Å².